The minimum atomic E-state index is -0.684. The number of amides is 1. The van der Waals surface area contributed by atoms with Gasteiger partial charge in [-0.05, 0) is 18.1 Å². The Morgan fingerprint density at radius 2 is 1.79 bits per heavy atom. The summed E-state index contributed by atoms with van der Waals surface area (Å²) in [5, 5.41) is 1.64. The molecule has 152 valence electrons. The van der Waals surface area contributed by atoms with Crippen molar-refractivity contribution < 1.29 is 23.9 Å². The van der Waals surface area contributed by atoms with Crippen LogP contribution in [0.15, 0.2) is 60.7 Å². The monoisotopic (exact) mass is 396 g/mol. The number of hydrogen-bond acceptors (Lipinski definition) is 6. The Bertz CT molecular complexity index is 845. The van der Waals surface area contributed by atoms with Crippen LogP contribution in [0.4, 0.5) is 4.79 Å². The number of esters is 1. The predicted octanol–water partition coefficient (Wildman–Crippen LogP) is 2.93. The summed E-state index contributed by atoms with van der Waals surface area (Å²) in [4.78, 5) is 33.1. The first-order chi connectivity index (χ1) is 14.2. The Hall–Kier alpha value is -2.90. The van der Waals surface area contributed by atoms with E-state index in [-0.39, 0.29) is 12.6 Å². The molecule has 0 aliphatic carbocycles. The number of cyclic esters (lactones) is 1. The van der Waals surface area contributed by atoms with Crippen molar-refractivity contribution in [3.05, 3.63) is 71.8 Å². The lowest BCUT2D eigenvalue weighted by Gasteiger charge is -2.26. The fraction of sp³-hybridized carbons (Fsp3) is 0.364. The molecule has 0 bridgehead atoms. The summed E-state index contributed by atoms with van der Waals surface area (Å²) < 4.78 is 10.5. The van der Waals surface area contributed by atoms with Gasteiger partial charge in [-0.2, -0.15) is 5.06 Å². The van der Waals surface area contributed by atoms with Crippen LogP contribution in [0.3, 0.4) is 0 Å². The van der Waals surface area contributed by atoms with Crippen molar-refractivity contribution >= 4 is 12.1 Å². The molecule has 2 heterocycles. The van der Waals surface area contributed by atoms with Crippen LogP contribution in [0.5, 0.6) is 0 Å². The highest BCUT2D eigenvalue weighted by Gasteiger charge is 2.53. The van der Waals surface area contributed by atoms with Crippen LogP contribution < -0.4 is 0 Å². The van der Waals surface area contributed by atoms with E-state index in [0.29, 0.717) is 19.7 Å². The number of rotatable bonds is 6. The van der Waals surface area contributed by atoms with Gasteiger partial charge in [0.05, 0.1) is 25.6 Å². The van der Waals surface area contributed by atoms with E-state index >= 15 is 0 Å². The zero-order valence-corrected chi connectivity index (χ0v) is 16.3. The molecule has 3 atom stereocenters. The van der Waals surface area contributed by atoms with Gasteiger partial charge in [-0.15, -0.1) is 0 Å². The lowest BCUT2D eigenvalue weighted by atomic mass is 9.89. The van der Waals surface area contributed by atoms with Gasteiger partial charge in [0.2, 0.25) is 0 Å². The Morgan fingerprint density at radius 3 is 2.41 bits per heavy atom. The summed E-state index contributed by atoms with van der Waals surface area (Å²) in [5.41, 5.74) is 1.91. The van der Waals surface area contributed by atoms with E-state index in [0.717, 1.165) is 11.1 Å². The molecule has 0 radical (unpaired) electrons. The first kappa shape index (κ1) is 19.4. The van der Waals surface area contributed by atoms with E-state index in [1.54, 1.807) is 16.9 Å². The Kier molecular flexibility index (Phi) is 5.78. The van der Waals surface area contributed by atoms with Gasteiger partial charge < -0.3 is 9.47 Å². The van der Waals surface area contributed by atoms with Gasteiger partial charge in [0.25, 0.3) is 0 Å². The van der Waals surface area contributed by atoms with E-state index in [9.17, 15) is 9.59 Å². The lowest BCUT2D eigenvalue weighted by molar-refractivity contribution is -0.203. The molecule has 7 heteroatoms. The van der Waals surface area contributed by atoms with Crippen LogP contribution in [0, 0.1) is 0 Å². The molecule has 2 aliphatic heterocycles. The molecule has 7 nitrogen and oxygen atoms in total. The van der Waals surface area contributed by atoms with E-state index in [1.165, 1.54) is 0 Å². The van der Waals surface area contributed by atoms with Crippen LogP contribution in [-0.4, -0.2) is 54.1 Å². The third-order valence-corrected chi connectivity index (χ3v) is 5.19. The van der Waals surface area contributed by atoms with Crippen molar-refractivity contribution in [1.82, 2.24) is 9.96 Å². The second-order valence-corrected chi connectivity index (χ2v) is 7.00. The quantitative estimate of drug-likeness (QED) is 0.700. The molecule has 0 N–H and O–H groups in total. The van der Waals surface area contributed by atoms with Gasteiger partial charge in [-0.3, -0.25) is 14.5 Å². The average Bonchev–Trinajstić information content (AvgIpc) is 3.33. The predicted molar refractivity (Wildman–Crippen MR) is 105 cm³/mol. The smallest absolute Gasteiger partial charge is 0.412 e. The van der Waals surface area contributed by atoms with Crippen LogP contribution in [0.1, 0.15) is 24.0 Å². The fourth-order valence-electron chi connectivity index (χ4n) is 3.91. The molecule has 2 saturated heterocycles. The molecule has 3 unspecified atom stereocenters. The Morgan fingerprint density at radius 1 is 1.10 bits per heavy atom. The van der Waals surface area contributed by atoms with E-state index in [2.05, 4.69) is 0 Å². The molecule has 2 aliphatic rings. The molecule has 1 amide bonds. The SMILES string of the molecule is CCOC(=O)C1C(c2ccccc2)C(N2CCOC2=O)ON1Cc1ccccc1. The maximum Gasteiger partial charge on any atom is 0.412 e. The topological polar surface area (TPSA) is 68.3 Å². The minimum absolute atomic E-state index is 0.270. The van der Waals surface area contributed by atoms with Gasteiger partial charge in [-0.1, -0.05) is 60.7 Å². The third kappa shape index (κ3) is 3.97. The molecule has 4 rings (SSSR count). The zero-order valence-electron chi connectivity index (χ0n) is 16.3. The molecular weight excluding hydrogens is 372 g/mol. The summed E-state index contributed by atoms with van der Waals surface area (Å²) >= 11 is 0. The number of benzene rings is 2. The van der Waals surface area contributed by atoms with E-state index in [4.69, 9.17) is 14.3 Å². The van der Waals surface area contributed by atoms with Crippen molar-refractivity contribution in [3.8, 4) is 0 Å². The van der Waals surface area contributed by atoms with Gasteiger partial charge in [0.15, 0.2) is 6.23 Å². The molecule has 29 heavy (non-hydrogen) atoms. The van der Waals surface area contributed by atoms with Gasteiger partial charge in [-0.25, -0.2) is 4.79 Å². The number of nitrogens with zero attached hydrogens (tertiary/aromatic N) is 2. The standard InChI is InChI=1S/C22H24N2O5/c1-2-27-21(25)19-18(17-11-7-4-8-12-17)20(23-13-14-28-22(23)26)29-24(19)15-16-9-5-3-6-10-16/h3-12,18-20H,2,13-15H2,1H3. The molecular formula is C22H24N2O5. The highest BCUT2D eigenvalue weighted by Crippen LogP contribution is 2.40. The van der Waals surface area contributed by atoms with Gasteiger partial charge in [0, 0.05) is 0 Å². The third-order valence-electron chi connectivity index (χ3n) is 5.19. The molecule has 2 aromatic carbocycles. The van der Waals surface area contributed by atoms with E-state index < -0.39 is 24.3 Å². The summed E-state index contributed by atoms with van der Waals surface area (Å²) in [5.74, 6) is -0.767. The second-order valence-electron chi connectivity index (χ2n) is 7.00. The number of hydrogen-bond donors (Lipinski definition) is 0. The van der Waals surface area contributed by atoms with Crippen LogP contribution >= 0.6 is 0 Å². The highest BCUT2D eigenvalue weighted by molar-refractivity contribution is 5.78. The van der Waals surface area contributed by atoms with Crippen molar-refractivity contribution in [2.75, 3.05) is 19.8 Å². The zero-order chi connectivity index (χ0) is 20.2. The van der Waals surface area contributed by atoms with Gasteiger partial charge in [0.1, 0.15) is 12.6 Å². The maximum atomic E-state index is 13.0. The average molecular weight is 396 g/mol. The van der Waals surface area contributed by atoms with Crippen LogP contribution in [0.2, 0.25) is 0 Å². The number of carbonyl (C=O) groups is 2. The van der Waals surface area contributed by atoms with Crippen molar-refractivity contribution in [2.24, 2.45) is 0 Å². The number of hydroxylamine groups is 2. The lowest BCUT2D eigenvalue weighted by Crippen LogP contribution is -2.42. The number of ether oxygens (including phenoxy) is 2. The minimum Gasteiger partial charge on any atom is -0.465 e. The Labute approximate surface area is 169 Å². The summed E-state index contributed by atoms with van der Waals surface area (Å²) in [6, 6.07) is 18.7. The number of carbonyl (C=O) groups excluding carboxylic acids is 2. The van der Waals surface area contributed by atoms with Crippen LogP contribution in [-0.2, 0) is 25.7 Å². The fourth-order valence-corrected chi connectivity index (χ4v) is 3.91. The first-order valence-corrected chi connectivity index (χ1v) is 9.81. The summed E-state index contributed by atoms with van der Waals surface area (Å²) in [6.07, 6.45) is -1.08. The molecule has 0 aromatic heterocycles. The molecule has 2 fully saturated rings. The molecule has 2 aromatic rings. The van der Waals surface area contributed by atoms with Crippen molar-refractivity contribution in [2.45, 2.75) is 31.7 Å². The van der Waals surface area contributed by atoms with E-state index in [1.807, 2.05) is 60.7 Å². The normalized spacial score (nSPS) is 24.5. The second kappa shape index (κ2) is 8.63. The van der Waals surface area contributed by atoms with Crippen LogP contribution in [0.25, 0.3) is 0 Å². The maximum absolute atomic E-state index is 13.0. The molecule has 0 spiro atoms. The van der Waals surface area contributed by atoms with Crippen molar-refractivity contribution in [1.29, 1.82) is 0 Å². The summed E-state index contributed by atoms with van der Waals surface area (Å²) in [7, 11) is 0. The summed E-state index contributed by atoms with van der Waals surface area (Å²) in [6.45, 7) is 3.17. The largest absolute Gasteiger partial charge is 0.465 e. The van der Waals surface area contributed by atoms with Gasteiger partial charge >= 0.3 is 12.1 Å². The first-order valence-electron chi connectivity index (χ1n) is 9.81. The molecule has 0 saturated carbocycles. The Balaban J connectivity index is 1.72. The highest BCUT2D eigenvalue weighted by atomic mass is 16.7. The van der Waals surface area contributed by atoms with Crippen molar-refractivity contribution in [3.63, 3.8) is 0 Å².